The molecule has 0 bridgehead atoms. The Bertz CT molecular complexity index is 745. The van der Waals surface area contributed by atoms with Crippen LogP contribution in [0.5, 0.6) is 5.75 Å². The molecule has 0 radical (unpaired) electrons. The van der Waals surface area contributed by atoms with Gasteiger partial charge in [0.2, 0.25) is 0 Å². The van der Waals surface area contributed by atoms with Crippen molar-refractivity contribution in [2.24, 2.45) is 0 Å². The Balaban J connectivity index is 1.86. The first kappa shape index (κ1) is 19.0. The molecule has 0 saturated carbocycles. The van der Waals surface area contributed by atoms with Gasteiger partial charge in [0.25, 0.3) is 5.91 Å². The Morgan fingerprint density at radius 1 is 1.33 bits per heavy atom. The number of rotatable bonds is 6. The van der Waals surface area contributed by atoms with E-state index in [9.17, 15) is 14.3 Å². The van der Waals surface area contributed by atoms with E-state index in [0.29, 0.717) is 15.2 Å². The van der Waals surface area contributed by atoms with E-state index in [2.05, 4.69) is 21.2 Å². The smallest absolute Gasteiger partial charge is 0.254 e. The summed E-state index contributed by atoms with van der Waals surface area (Å²) in [7, 11) is 0. The monoisotopic (exact) mass is 435 g/mol. The topological polar surface area (TPSA) is 58.6 Å². The first-order valence-electron chi connectivity index (χ1n) is 6.86. The van der Waals surface area contributed by atoms with E-state index in [-0.39, 0.29) is 23.7 Å². The molecule has 1 amide bonds. The normalized spacial score (nSPS) is 11.9. The zero-order valence-electron chi connectivity index (χ0n) is 12.2. The average molecular weight is 437 g/mol. The number of hydrogen-bond acceptors (Lipinski definition) is 3. The number of carbonyl (C=O) groups excluding carboxylic acids is 1. The molecule has 8 heteroatoms. The second-order valence-electron chi connectivity index (χ2n) is 4.85. The van der Waals surface area contributed by atoms with Gasteiger partial charge in [0.15, 0.2) is 0 Å². The van der Waals surface area contributed by atoms with Crippen molar-refractivity contribution in [3.05, 3.63) is 62.3 Å². The minimum atomic E-state index is -1.00. The van der Waals surface area contributed by atoms with Gasteiger partial charge in [-0.2, -0.15) is 0 Å². The molecular weight excluding hydrogens is 424 g/mol. The SMILES string of the molecule is O=C(NCC(O)COc1cccc(Cl)c1Cl)c1cc(Br)ccc1F. The lowest BCUT2D eigenvalue weighted by Crippen LogP contribution is -2.35. The lowest BCUT2D eigenvalue weighted by molar-refractivity contribution is 0.0840. The van der Waals surface area contributed by atoms with Crippen LogP contribution >= 0.6 is 39.1 Å². The summed E-state index contributed by atoms with van der Waals surface area (Å²) < 4.78 is 19.5. The quantitative estimate of drug-likeness (QED) is 0.717. The molecule has 0 fully saturated rings. The summed E-state index contributed by atoms with van der Waals surface area (Å²) in [5.41, 5.74) is -0.115. The third-order valence-electron chi connectivity index (χ3n) is 3.02. The highest BCUT2D eigenvalue weighted by atomic mass is 79.9. The Kier molecular flexibility index (Phi) is 6.86. The fourth-order valence-corrected chi connectivity index (χ4v) is 2.53. The molecule has 1 unspecified atom stereocenters. The third-order valence-corrected chi connectivity index (χ3v) is 4.31. The van der Waals surface area contributed by atoms with E-state index in [1.807, 2.05) is 0 Å². The van der Waals surface area contributed by atoms with Crippen LogP contribution in [0.15, 0.2) is 40.9 Å². The predicted octanol–water partition coefficient (Wildman–Crippen LogP) is 4.06. The molecule has 0 aliphatic rings. The summed E-state index contributed by atoms with van der Waals surface area (Å²) in [6.45, 7) is -0.218. The maximum Gasteiger partial charge on any atom is 0.254 e. The van der Waals surface area contributed by atoms with Crippen molar-refractivity contribution in [1.29, 1.82) is 0 Å². The third kappa shape index (κ3) is 5.08. The van der Waals surface area contributed by atoms with Crippen molar-refractivity contribution in [2.75, 3.05) is 13.2 Å². The molecule has 2 N–H and O–H groups in total. The highest BCUT2D eigenvalue weighted by Gasteiger charge is 2.14. The minimum absolute atomic E-state index is 0.108. The number of hydrogen-bond donors (Lipinski definition) is 2. The van der Waals surface area contributed by atoms with Crippen molar-refractivity contribution >= 4 is 45.0 Å². The van der Waals surface area contributed by atoms with Crippen molar-refractivity contribution < 1.29 is 19.0 Å². The Hall–Kier alpha value is -1.34. The van der Waals surface area contributed by atoms with Crippen LogP contribution in [-0.4, -0.2) is 30.3 Å². The second kappa shape index (κ2) is 8.67. The van der Waals surface area contributed by atoms with Gasteiger partial charge in [-0.25, -0.2) is 4.39 Å². The van der Waals surface area contributed by atoms with Gasteiger partial charge in [0.05, 0.1) is 10.6 Å². The highest BCUT2D eigenvalue weighted by Crippen LogP contribution is 2.31. The zero-order chi connectivity index (χ0) is 17.7. The summed E-state index contributed by atoms with van der Waals surface area (Å²) in [5, 5.41) is 12.9. The molecule has 2 aromatic carbocycles. The van der Waals surface area contributed by atoms with Crippen molar-refractivity contribution in [3.63, 3.8) is 0 Å². The predicted molar refractivity (Wildman–Crippen MR) is 94.4 cm³/mol. The van der Waals surface area contributed by atoms with Crippen LogP contribution in [0.2, 0.25) is 10.0 Å². The van der Waals surface area contributed by atoms with Crippen LogP contribution in [0.25, 0.3) is 0 Å². The standard InChI is InChI=1S/C16H13BrCl2FNO3/c17-9-4-5-13(20)11(6-9)16(23)21-7-10(22)8-24-14-3-1-2-12(18)15(14)19/h1-6,10,22H,7-8H2,(H,21,23). The first-order chi connectivity index (χ1) is 11.4. The number of aliphatic hydroxyl groups is 1. The number of halogens is 4. The fourth-order valence-electron chi connectivity index (χ4n) is 1.82. The molecular formula is C16H13BrCl2FNO3. The number of benzene rings is 2. The molecule has 1 atom stereocenters. The van der Waals surface area contributed by atoms with Crippen LogP contribution in [0, 0.1) is 5.82 Å². The van der Waals surface area contributed by atoms with Crippen molar-refractivity contribution in [1.82, 2.24) is 5.32 Å². The van der Waals surface area contributed by atoms with Crippen LogP contribution in [0.3, 0.4) is 0 Å². The minimum Gasteiger partial charge on any atom is -0.489 e. The summed E-state index contributed by atoms with van der Waals surface area (Å²) >= 11 is 15.0. The average Bonchev–Trinajstić information content (AvgIpc) is 2.56. The number of carbonyl (C=O) groups is 1. The zero-order valence-corrected chi connectivity index (χ0v) is 15.3. The van der Waals surface area contributed by atoms with Crippen LogP contribution in [0.1, 0.15) is 10.4 Å². The molecule has 2 rings (SSSR count). The highest BCUT2D eigenvalue weighted by molar-refractivity contribution is 9.10. The van der Waals surface area contributed by atoms with E-state index in [1.54, 1.807) is 18.2 Å². The lowest BCUT2D eigenvalue weighted by atomic mass is 10.2. The largest absolute Gasteiger partial charge is 0.489 e. The number of aliphatic hydroxyl groups excluding tert-OH is 1. The molecule has 2 aromatic rings. The van der Waals surface area contributed by atoms with Gasteiger partial charge in [0, 0.05) is 11.0 Å². The Labute approximate surface area is 156 Å². The molecule has 4 nitrogen and oxygen atoms in total. The van der Waals surface area contributed by atoms with E-state index >= 15 is 0 Å². The van der Waals surface area contributed by atoms with Crippen LogP contribution < -0.4 is 10.1 Å². The van der Waals surface area contributed by atoms with Gasteiger partial charge in [0.1, 0.15) is 29.3 Å². The van der Waals surface area contributed by atoms with Gasteiger partial charge in [-0.05, 0) is 30.3 Å². The van der Waals surface area contributed by atoms with Gasteiger partial charge < -0.3 is 15.2 Å². The molecule has 0 aliphatic heterocycles. The summed E-state index contributed by atoms with van der Waals surface area (Å²) in [4.78, 5) is 11.9. The molecule has 0 aromatic heterocycles. The number of amides is 1. The van der Waals surface area contributed by atoms with Crippen molar-refractivity contribution in [3.8, 4) is 5.75 Å². The number of nitrogens with one attached hydrogen (secondary N) is 1. The lowest BCUT2D eigenvalue weighted by Gasteiger charge is -2.14. The second-order valence-corrected chi connectivity index (χ2v) is 6.55. The summed E-state index contributed by atoms with van der Waals surface area (Å²) in [5.74, 6) is -0.951. The first-order valence-corrected chi connectivity index (χ1v) is 8.41. The van der Waals surface area contributed by atoms with Crippen molar-refractivity contribution in [2.45, 2.75) is 6.10 Å². The van der Waals surface area contributed by atoms with Crippen LogP contribution in [-0.2, 0) is 0 Å². The molecule has 0 heterocycles. The van der Waals surface area contributed by atoms with E-state index in [0.717, 1.165) is 0 Å². The molecule has 0 aliphatic carbocycles. The van der Waals surface area contributed by atoms with Gasteiger partial charge in [-0.1, -0.05) is 45.2 Å². The maximum absolute atomic E-state index is 13.6. The van der Waals surface area contributed by atoms with Gasteiger partial charge in [-0.15, -0.1) is 0 Å². The van der Waals surface area contributed by atoms with E-state index in [4.69, 9.17) is 27.9 Å². The van der Waals surface area contributed by atoms with Crippen LogP contribution in [0.4, 0.5) is 4.39 Å². The molecule has 24 heavy (non-hydrogen) atoms. The molecule has 0 spiro atoms. The molecule has 128 valence electrons. The fraction of sp³-hybridized carbons (Fsp3) is 0.188. The Morgan fingerprint density at radius 3 is 2.83 bits per heavy atom. The van der Waals surface area contributed by atoms with E-state index < -0.39 is 17.8 Å². The maximum atomic E-state index is 13.6. The summed E-state index contributed by atoms with van der Waals surface area (Å²) in [6, 6.07) is 8.91. The van der Waals surface area contributed by atoms with Gasteiger partial charge in [-0.3, -0.25) is 4.79 Å². The van der Waals surface area contributed by atoms with Gasteiger partial charge >= 0.3 is 0 Å². The summed E-state index contributed by atoms with van der Waals surface area (Å²) in [6.07, 6.45) is -1.00. The van der Waals surface area contributed by atoms with E-state index in [1.165, 1.54) is 18.2 Å². The number of ether oxygens (including phenoxy) is 1. The molecule has 0 saturated heterocycles. The Morgan fingerprint density at radius 2 is 2.08 bits per heavy atom.